The van der Waals surface area contributed by atoms with Gasteiger partial charge in [-0.2, -0.15) is 0 Å². The lowest BCUT2D eigenvalue weighted by atomic mass is 10.2. The standard InChI is InChI=1S/C14H10N4/c1-2-11-5-4-10-6-7-15-8-12(10)14-17-9-16-13(3-1)18(11)14/h1-9H,(H,16,17). The van der Waals surface area contributed by atoms with Gasteiger partial charge in [-0.25, -0.2) is 4.98 Å². The first-order valence-corrected chi connectivity index (χ1v) is 5.77. The fraction of sp³-hybridized carbons (Fsp3) is 0. The van der Waals surface area contributed by atoms with Gasteiger partial charge in [-0.05, 0) is 29.7 Å². The van der Waals surface area contributed by atoms with Crippen molar-refractivity contribution in [1.82, 2.24) is 15.0 Å². The smallest absolute Gasteiger partial charge is 0.140 e. The van der Waals surface area contributed by atoms with Crippen molar-refractivity contribution in [2.24, 2.45) is 0 Å². The molecule has 0 spiro atoms. The average Bonchev–Trinajstić information content (AvgIpc) is 2.60. The van der Waals surface area contributed by atoms with Crippen molar-refractivity contribution in [2.45, 2.75) is 0 Å². The Morgan fingerprint density at radius 3 is 3.06 bits per heavy atom. The molecule has 1 N–H and O–H groups in total. The summed E-state index contributed by atoms with van der Waals surface area (Å²) >= 11 is 0. The predicted molar refractivity (Wildman–Crippen MR) is 70.9 cm³/mol. The zero-order valence-electron chi connectivity index (χ0n) is 9.54. The maximum absolute atomic E-state index is 4.35. The quantitative estimate of drug-likeness (QED) is 0.507. The van der Waals surface area contributed by atoms with Gasteiger partial charge in [0.25, 0.3) is 0 Å². The van der Waals surface area contributed by atoms with Gasteiger partial charge in [0, 0.05) is 23.5 Å². The molecule has 0 radical (unpaired) electrons. The van der Waals surface area contributed by atoms with Crippen molar-refractivity contribution < 1.29 is 0 Å². The summed E-state index contributed by atoms with van der Waals surface area (Å²) in [6, 6.07) is 12.3. The second-order valence-corrected chi connectivity index (χ2v) is 4.19. The number of anilines is 3. The second kappa shape index (κ2) is 3.43. The molecule has 0 aliphatic carbocycles. The molecule has 0 amide bonds. The van der Waals surface area contributed by atoms with Crippen molar-refractivity contribution in [2.75, 3.05) is 4.90 Å². The van der Waals surface area contributed by atoms with E-state index in [2.05, 4.69) is 38.1 Å². The van der Waals surface area contributed by atoms with Crippen LogP contribution in [0.2, 0.25) is 0 Å². The molecule has 0 unspecified atom stereocenters. The molecule has 3 aliphatic rings. The molecule has 1 aromatic rings. The number of nitrogens with one attached hydrogen (secondary N) is 1. The Hall–Kier alpha value is -2.62. The van der Waals surface area contributed by atoms with Gasteiger partial charge in [-0.3, -0.25) is 9.88 Å². The van der Waals surface area contributed by atoms with E-state index in [1.165, 1.54) is 0 Å². The van der Waals surface area contributed by atoms with Crippen LogP contribution in [0.4, 0.5) is 17.3 Å². The van der Waals surface area contributed by atoms with Crippen molar-refractivity contribution in [3.8, 4) is 0 Å². The lowest BCUT2D eigenvalue weighted by molar-refractivity contribution is 1.06. The molecule has 0 fully saturated rings. The van der Waals surface area contributed by atoms with Gasteiger partial charge in [0.2, 0.25) is 0 Å². The number of pyridine rings is 1. The molecule has 86 valence electrons. The fourth-order valence-corrected chi connectivity index (χ4v) is 2.33. The SMILES string of the molecule is c1cc2ccc3ccncc3c3[nH]cnc(c1)N23. The van der Waals surface area contributed by atoms with E-state index in [1.807, 2.05) is 30.6 Å². The molecule has 4 heteroatoms. The third kappa shape index (κ3) is 1.20. The summed E-state index contributed by atoms with van der Waals surface area (Å²) in [7, 11) is 0. The molecule has 4 heterocycles. The van der Waals surface area contributed by atoms with Gasteiger partial charge >= 0.3 is 0 Å². The number of hydrogen-bond acceptors (Lipinski definition) is 3. The van der Waals surface area contributed by atoms with Crippen molar-refractivity contribution in [1.29, 1.82) is 0 Å². The molecule has 18 heavy (non-hydrogen) atoms. The van der Waals surface area contributed by atoms with Gasteiger partial charge in [-0.1, -0.05) is 12.1 Å². The van der Waals surface area contributed by atoms with E-state index in [9.17, 15) is 0 Å². The Morgan fingerprint density at radius 1 is 1.06 bits per heavy atom. The normalized spacial score (nSPS) is 12.3. The van der Waals surface area contributed by atoms with Crippen LogP contribution >= 0.6 is 0 Å². The minimum Gasteiger partial charge on any atom is -0.332 e. The van der Waals surface area contributed by atoms with Crippen LogP contribution in [0.3, 0.4) is 0 Å². The van der Waals surface area contributed by atoms with Crippen LogP contribution in [-0.4, -0.2) is 15.0 Å². The number of rotatable bonds is 0. The third-order valence-electron chi connectivity index (χ3n) is 3.16. The van der Waals surface area contributed by atoms with E-state index < -0.39 is 0 Å². The summed E-state index contributed by atoms with van der Waals surface area (Å²) in [5.41, 5.74) is 1.10. The largest absolute Gasteiger partial charge is 0.332 e. The first kappa shape index (κ1) is 9.41. The highest BCUT2D eigenvalue weighted by Gasteiger charge is 2.19. The van der Waals surface area contributed by atoms with Crippen LogP contribution in [0, 0.1) is 0 Å². The highest BCUT2D eigenvalue weighted by Crippen LogP contribution is 2.38. The Labute approximate surface area is 104 Å². The molecular formula is C14H10N4. The zero-order chi connectivity index (χ0) is 11.9. The molecule has 0 saturated heterocycles. The fourth-order valence-electron chi connectivity index (χ4n) is 2.33. The molecule has 0 atom stereocenters. The monoisotopic (exact) mass is 234 g/mol. The van der Waals surface area contributed by atoms with Crippen molar-refractivity contribution >= 4 is 28.1 Å². The van der Waals surface area contributed by atoms with Gasteiger partial charge < -0.3 is 4.98 Å². The van der Waals surface area contributed by atoms with Crippen LogP contribution in [0.15, 0.2) is 55.1 Å². The summed E-state index contributed by atoms with van der Waals surface area (Å²) < 4.78 is 0. The maximum atomic E-state index is 4.35. The highest BCUT2D eigenvalue weighted by atomic mass is 15.3. The summed E-state index contributed by atoms with van der Waals surface area (Å²) in [6.07, 6.45) is 5.40. The van der Waals surface area contributed by atoms with Gasteiger partial charge in [0.05, 0.1) is 6.33 Å². The Morgan fingerprint density at radius 2 is 2.06 bits per heavy atom. The van der Waals surface area contributed by atoms with Crippen LogP contribution in [-0.2, 0) is 0 Å². The summed E-state index contributed by atoms with van der Waals surface area (Å²) in [5, 5.41) is 2.23. The van der Waals surface area contributed by atoms with Crippen LogP contribution < -0.4 is 4.90 Å². The Bertz CT molecular complexity index is 761. The first-order valence-electron chi connectivity index (χ1n) is 5.77. The number of fused-ring (bicyclic) bond motifs is 2. The number of H-pyrrole nitrogens is 1. The van der Waals surface area contributed by atoms with Gasteiger partial charge in [0.15, 0.2) is 0 Å². The summed E-state index contributed by atoms with van der Waals surface area (Å²) in [4.78, 5) is 13.9. The Balaban J connectivity index is 2.22. The van der Waals surface area contributed by atoms with E-state index >= 15 is 0 Å². The minimum absolute atomic E-state index is 0.919. The molecule has 0 aromatic carbocycles. The zero-order valence-corrected chi connectivity index (χ0v) is 9.54. The summed E-state index contributed by atoms with van der Waals surface area (Å²) in [5.74, 6) is 1.92. The number of nitrogens with zero attached hydrogens (tertiary/aromatic N) is 3. The van der Waals surface area contributed by atoms with Gasteiger partial charge in [0.1, 0.15) is 11.6 Å². The van der Waals surface area contributed by atoms with Gasteiger partial charge in [-0.15, -0.1) is 0 Å². The molecular weight excluding hydrogens is 224 g/mol. The molecule has 1 aromatic heterocycles. The molecule has 4 rings (SSSR count). The molecule has 0 bridgehead atoms. The average molecular weight is 234 g/mol. The highest BCUT2D eigenvalue weighted by molar-refractivity contribution is 5.96. The van der Waals surface area contributed by atoms with E-state index in [4.69, 9.17) is 0 Å². The van der Waals surface area contributed by atoms with E-state index in [1.54, 1.807) is 6.33 Å². The number of aromatic amines is 1. The third-order valence-corrected chi connectivity index (χ3v) is 3.16. The summed E-state index contributed by atoms with van der Waals surface area (Å²) in [6.45, 7) is 0. The first-order chi connectivity index (χ1) is 8.93. The predicted octanol–water partition coefficient (Wildman–Crippen LogP) is 3.30. The second-order valence-electron chi connectivity index (χ2n) is 4.19. The molecule has 3 aliphatic heterocycles. The minimum atomic E-state index is 0.919. The lowest BCUT2D eigenvalue weighted by Crippen LogP contribution is -2.15. The molecule has 4 nitrogen and oxygen atoms in total. The van der Waals surface area contributed by atoms with E-state index in [0.29, 0.717) is 0 Å². The van der Waals surface area contributed by atoms with E-state index in [-0.39, 0.29) is 0 Å². The van der Waals surface area contributed by atoms with Crippen LogP contribution in [0.5, 0.6) is 0 Å². The lowest BCUT2D eigenvalue weighted by Gasteiger charge is -2.25. The number of hydrogen-bond donors (Lipinski definition) is 1. The van der Waals surface area contributed by atoms with E-state index in [0.717, 1.165) is 28.1 Å². The number of aromatic nitrogens is 3. The van der Waals surface area contributed by atoms with Crippen LogP contribution in [0.1, 0.15) is 0 Å². The van der Waals surface area contributed by atoms with Crippen molar-refractivity contribution in [3.63, 3.8) is 0 Å². The maximum Gasteiger partial charge on any atom is 0.140 e. The van der Waals surface area contributed by atoms with Crippen LogP contribution in [0.25, 0.3) is 10.8 Å². The molecule has 0 saturated carbocycles. The Kier molecular flexibility index (Phi) is 1.80. The van der Waals surface area contributed by atoms with Crippen molar-refractivity contribution in [3.05, 3.63) is 55.1 Å². The topological polar surface area (TPSA) is 44.8 Å².